The molecule has 0 spiro atoms. The molecular formula is C13H23Cl2N3O. The van der Waals surface area contributed by atoms with E-state index < -0.39 is 6.04 Å². The molecule has 110 valence electrons. The Balaban J connectivity index is 0. The predicted octanol–water partition coefficient (Wildman–Crippen LogP) is 1.56. The molecule has 0 bridgehead atoms. The van der Waals surface area contributed by atoms with E-state index in [2.05, 4.69) is 22.3 Å². The molecule has 1 aromatic carbocycles. The Hall–Kier alpha value is -0.810. The summed E-state index contributed by atoms with van der Waals surface area (Å²) in [6.45, 7) is 3.11. The maximum absolute atomic E-state index is 11.3. The summed E-state index contributed by atoms with van der Waals surface area (Å²) in [5.41, 5.74) is 7.81. The smallest absolute Gasteiger partial charge is 0.236 e. The van der Waals surface area contributed by atoms with Gasteiger partial charge in [-0.3, -0.25) is 4.79 Å². The van der Waals surface area contributed by atoms with Crippen LogP contribution in [0.1, 0.15) is 18.1 Å². The lowest BCUT2D eigenvalue weighted by Gasteiger charge is -2.12. The van der Waals surface area contributed by atoms with Crippen molar-refractivity contribution in [3.05, 3.63) is 35.4 Å². The van der Waals surface area contributed by atoms with Crippen molar-refractivity contribution in [1.82, 2.24) is 10.2 Å². The Kier molecular flexibility index (Phi) is 10.8. The van der Waals surface area contributed by atoms with E-state index in [-0.39, 0.29) is 30.7 Å². The molecule has 1 unspecified atom stereocenters. The van der Waals surface area contributed by atoms with Gasteiger partial charge in [0.05, 0.1) is 6.04 Å². The summed E-state index contributed by atoms with van der Waals surface area (Å²) in [6.07, 6.45) is 0. The van der Waals surface area contributed by atoms with Gasteiger partial charge in [-0.15, -0.1) is 24.8 Å². The fourth-order valence-electron chi connectivity index (χ4n) is 1.55. The zero-order valence-corrected chi connectivity index (χ0v) is 13.2. The van der Waals surface area contributed by atoms with Gasteiger partial charge in [0.25, 0.3) is 0 Å². The molecule has 0 aliphatic heterocycles. The Morgan fingerprint density at radius 1 is 1.32 bits per heavy atom. The standard InChI is InChI=1S/C13H21N3O.2ClH/c1-10(14)13(17)15-8-11-5-4-6-12(7-11)9-16(2)3;;/h4-7,10H,8-9,14H2,1-3H3,(H,15,17);2*1H. The number of carbonyl (C=O) groups is 1. The van der Waals surface area contributed by atoms with Crippen LogP contribution >= 0.6 is 24.8 Å². The summed E-state index contributed by atoms with van der Waals surface area (Å²) in [5, 5.41) is 2.80. The molecule has 0 radical (unpaired) electrons. The molecule has 6 heteroatoms. The van der Waals surface area contributed by atoms with Gasteiger partial charge in [0, 0.05) is 13.1 Å². The summed E-state index contributed by atoms with van der Waals surface area (Å²) < 4.78 is 0. The van der Waals surface area contributed by atoms with E-state index in [0.717, 1.165) is 12.1 Å². The highest BCUT2D eigenvalue weighted by Crippen LogP contribution is 2.06. The molecule has 0 saturated carbocycles. The highest BCUT2D eigenvalue weighted by Gasteiger charge is 2.06. The fraction of sp³-hybridized carbons (Fsp3) is 0.462. The Labute approximate surface area is 127 Å². The number of hydrogen-bond acceptors (Lipinski definition) is 3. The Morgan fingerprint density at radius 3 is 2.42 bits per heavy atom. The lowest BCUT2D eigenvalue weighted by Crippen LogP contribution is -2.37. The van der Waals surface area contributed by atoms with Gasteiger partial charge in [-0.25, -0.2) is 0 Å². The van der Waals surface area contributed by atoms with Crippen LogP contribution in [0.4, 0.5) is 0 Å². The number of rotatable bonds is 5. The Bertz CT molecular complexity index is 384. The molecule has 4 nitrogen and oxygen atoms in total. The summed E-state index contributed by atoms with van der Waals surface area (Å²) in [6, 6.07) is 7.73. The molecule has 0 fully saturated rings. The maximum atomic E-state index is 11.3. The minimum Gasteiger partial charge on any atom is -0.351 e. The average Bonchev–Trinajstić information content (AvgIpc) is 2.25. The van der Waals surface area contributed by atoms with Crippen LogP contribution in [0.2, 0.25) is 0 Å². The minimum atomic E-state index is -0.458. The van der Waals surface area contributed by atoms with Crippen molar-refractivity contribution in [1.29, 1.82) is 0 Å². The monoisotopic (exact) mass is 307 g/mol. The van der Waals surface area contributed by atoms with E-state index in [9.17, 15) is 4.79 Å². The zero-order chi connectivity index (χ0) is 12.8. The van der Waals surface area contributed by atoms with Crippen molar-refractivity contribution in [2.75, 3.05) is 14.1 Å². The molecule has 0 aliphatic carbocycles. The number of nitrogens with two attached hydrogens (primary N) is 1. The van der Waals surface area contributed by atoms with Gasteiger partial charge in [-0.1, -0.05) is 24.3 Å². The molecule has 1 amide bonds. The van der Waals surface area contributed by atoms with Crippen molar-refractivity contribution < 1.29 is 4.79 Å². The van der Waals surface area contributed by atoms with Gasteiger partial charge in [0.1, 0.15) is 0 Å². The predicted molar refractivity (Wildman–Crippen MR) is 83.8 cm³/mol. The molecule has 0 saturated heterocycles. The number of nitrogens with one attached hydrogen (secondary N) is 1. The summed E-state index contributed by atoms with van der Waals surface area (Å²) >= 11 is 0. The largest absolute Gasteiger partial charge is 0.351 e. The molecule has 0 aromatic heterocycles. The first kappa shape index (κ1) is 20.5. The zero-order valence-electron chi connectivity index (χ0n) is 11.6. The van der Waals surface area contributed by atoms with Crippen LogP contribution in [0.5, 0.6) is 0 Å². The number of amides is 1. The summed E-state index contributed by atoms with van der Waals surface area (Å²) in [4.78, 5) is 13.4. The van der Waals surface area contributed by atoms with Crippen LogP contribution in [-0.4, -0.2) is 30.9 Å². The molecule has 19 heavy (non-hydrogen) atoms. The van der Waals surface area contributed by atoms with Crippen LogP contribution in [0.3, 0.4) is 0 Å². The molecule has 1 atom stereocenters. The highest BCUT2D eigenvalue weighted by atomic mass is 35.5. The van der Waals surface area contributed by atoms with Crippen LogP contribution in [0.15, 0.2) is 24.3 Å². The van der Waals surface area contributed by atoms with Crippen molar-refractivity contribution in [2.45, 2.75) is 26.1 Å². The first-order valence-electron chi connectivity index (χ1n) is 5.75. The lowest BCUT2D eigenvalue weighted by atomic mass is 10.1. The molecule has 3 N–H and O–H groups in total. The van der Waals surface area contributed by atoms with Crippen molar-refractivity contribution in [2.24, 2.45) is 5.73 Å². The normalized spacial score (nSPS) is 11.2. The van der Waals surface area contributed by atoms with E-state index >= 15 is 0 Å². The summed E-state index contributed by atoms with van der Waals surface area (Å²) in [7, 11) is 4.06. The topological polar surface area (TPSA) is 58.4 Å². The molecule has 1 rings (SSSR count). The van der Waals surface area contributed by atoms with Crippen LogP contribution < -0.4 is 11.1 Å². The van der Waals surface area contributed by atoms with Gasteiger partial charge < -0.3 is 16.0 Å². The SMILES string of the molecule is CC(N)C(=O)NCc1cccc(CN(C)C)c1.Cl.Cl. The van der Waals surface area contributed by atoms with Crippen LogP contribution in [0.25, 0.3) is 0 Å². The number of carbonyl (C=O) groups excluding carboxylic acids is 1. The van der Waals surface area contributed by atoms with Gasteiger partial charge in [-0.2, -0.15) is 0 Å². The van der Waals surface area contributed by atoms with Crippen molar-refractivity contribution >= 4 is 30.7 Å². The number of halogens is 2. The average molecular weight is 308 g/mol. The third-order valence-electron chi connectivity index (χ3n) is 2.37. The van der Waals surface area contributed by atoms with E-state index in [4.69, 9.17) is 5.73 Å². The molecule has 0 heterocycles. The summed E-state index contributed by atoms with van der Waals surface area (Å²) in [5.74, 6) is -0.122. The first-order chi connectivity index (χ1) is 7.99. The van der Waals surface area contributed by atoms with Gasteiger partial charge in [0.2, 0.25) is 5.91 Å². The second-order valence-corrected chi connectivity index (χ2v) is 4.56. The van der Waals surface area contributed by atoms with E-state index in [0.29, 0.717) is 6.54 Å². The number of hydrogen-bond donors (Lipinski definition) is 2. The third kappa shape index (κ3) is 8.06. The first-order valence-corrected chi connectivity index (χ1v) is 5.75. The van der Waals surface area contributed by atoms with E-state index in [1.54, 1.807) is 6.92 Å². The van der Waals surface area contributed by atoms with E-state index in [1.807, 2.05) is 26.2 Å². The third-order valence-corrected chi connectivity index (χ3v) is 2.37. The lowest BCUT2D eigenvalue weighted by molar-refractivity contribution is -0.122. The second kappa shape index (κ2) is 10.0. The van der Waals surface area contributed by atoms with Gasteiger partial charge in [0.15, 0.2) is 0 Å². The van der Waals surface area contributed by atoms with Crippen LogP contribution in [-0.2, 0) is 17.9 Å². The quantitative estimate of drug-likeness (QED) is 0.868. The Morgan fingerprint density at radius 2 is 1.89 bits per heavy atom. The van der Waals surface area contributed by atoms with Crippen molar-refractivity contribution in [3.63, 3.8) is 0 Å². The second-order valence-electron chi connectivity index (χ2n) is 4.56. The maximum Gasteiger partial charge on any atom is 0.236 e. The molecular weight excluding hydrogens is 285 g/mol. The highest BCUT2D eigenvalue weighted by molar-refractivity contribution is 5.85. The van der Waals surface area contributed by atoms with Gasteiger partial charge >= 0.3 is 0 Å². The fourth-order valence-corrected chi connectivity index (χ4v) is 1.55. The van der Waals surface area contributed by atoms with E-state index in [1.165, 1.54) is 5.56 Å². The molecule has 0 aliphatic rings. The van der Waals surface area contributed by atoms with Crippen molar-refractivity contribution in [3.8, 4) is 0 Å². The number of benzene rings is 1. The molecule has 1 aromatic rings. The number of nitrogens with zero attached hydrogens (tertiary/aromatic N) is 1. The minimum absolute atomic E-state index is 0. The van der Waals surface area contributed by atoms with Gasteiger partial charge in [-0.05, 0) is 32.1 Å². The van der Waals surface area contributed by atoms with Crippen LogP contribution in [0, 0.1) is 0 Å².